The highest BCUT2D eigenvalue weighted by Crippen LogP contribution is 2.30. The molecule has 0 radical (unpaired) electrons. The molecule has 3 rings (SSSR count). The molecule has 7 heteroatoms. The monoisotopic (exact) mass is 245 g/mol. The number of aromatic amines is 1. The van der Waals surface area contributed by atoms with E-state index in [1.807, 2.05) is 0 Å². The number of fused-ring (bicyclic) bond motifs is 1. The van der Waals surface area contributed by atoms with E-state index in [0.29, 0.717) is 22.3 Å². The molecular weight excluding hydrogens is 237 g/mol. The Labute approximate surface area is 100 Å². The summed E-state index contributed by atoms with van der Waals surface area (Å²) in [4.78, 5) is 7.83. The molecule has 1 aromatic carbocycles. The predicted octanol–water partition coefficient (Wildman–Crippen LogP) is 1.45. The largest absolute Gasteiger partial charge is 0.505 e. The molecule has 6 nitrogen and oxygen atoms in total. The molecule has 3 aromatic rings. The lowest BCUT2D eigenvalue weighted by Gasteiger charge is -2.01. The van der Waals surface area contributed by atoms with Gasteiger partial charge in [0.25, 0.3) is 0 Å². The molecule has 2 aromatic heterocycles. The van der Waals surface area contributed by atoms with Crippen LogP contribution in [0.5, 0.6) is 5.75 Å². The average Bonchev–Trinajstić information content (AvgIpc) is 2.78. The summed E-state index contributed by atoms with van der Waals surface area (Å²) in [6, 6.07) is 3.96. The second kappa shape index (κ2) is 3.66. The Morgan fingerprint density at radius 1 is 1.28 bits per heavy atom. The van der Waals surface area contributed by atoms with Gasteiger partial charge in [-0.25, -0.2) is 14.4 Å². The fourth-order valence-corrected chi connectivity index (χ4v) is 1.76. The number of H-pyrrole nitrogens is 1. The molecule has 0 aliphatic rings. The number of anilines is 1. The third kappa shape index (κ3) is 1.45. The lowest BCUT2D eigenvalue weighted by atomic mass is 10.1. The van der Waals surface area contributed by atoms with Gasteiger partial charge in [0, 0.05) is 5.56 Å². The van der Waals surface area contributed by atoms with E-state index in [2.05, 4.69) is 20.2 Å². The van der Waals surface area contributed by atoms with Gasteiger partial charge in [-0.1, -0.05) is 0 Å². The molecule has 4 N–H and O–H groups in total. The highest BCUT2D eigenvalue weighted by molar-refractivity contribution is 5.97. The summed E-state index contributed by atoms with van der Waals surface area (Å²) < 4.78 is 13.0. The van der Waals surface area contributed by atoms with Crippen LogP contribution in [-0.4, -0.2) is 25.3 Å². The lowest BCUT2D eigenvalue weighted by Crippen LogP contribution is -1.92. The molecule has 0 saturated heterocycles. The van der Waals surface area contributed by atoms with E-state index >= 15 is 0 Å². The number of benzene rings is 1. The van der Waals surface area contributed by atoms with Gasteiger partial charge in [-0.2, -0.15) is 5.10 Å². The van der Waals surface area contributed by atoms with Crippen molar-refractivity contribution in [1.82, 2.24) is 20.2 Å². The quantitative estimate of drug-likeness (QED) is 0.602. The van der Waals surface area contributed by atoms with Gasteiger partial charge in [-0.15, -0.1) is 0 Å². The SMILES string of the molecule is Nc1ncnc2n[nH]c(-c3ccc(F)c(O)c3)c12. The van der Waals surface area contributed by atoms with Crippen LogP contribution in [0.2, 0.25) is 0 Å². The molecule has 2 heterocycles. The van der Waals surface area contributed by atoms with Crippen molar-refractivity contribution in [3.8, 4) is 17.0 Å². The van der Waals surface area contributed by atoms with Crippen molar-refractivity contribution in [2.45, 2.75) is 0 Å². The second-order valence-corrected chi connectivity index (χ2v) is 3.72. The van der Waals surface area contributed by atoms with Crippen molar-refractivity contribution in [3.63, 3.8) is 0 Å². The van der Waals surface area contributed by atoms with Gasteiger partial charge in [0.2, 0.25) is 0 Å². The van der Waals surface area contributed by atoms with E-state index in [0.717, 1.165) is 6.07 Å². The number of nitrogen functional groups attached to an aromatic ring is 1. The number of halogens is 1. The van der Waals surface area contributed by atoms with E-state index in [9.17, 15) is 9.50 Å². The molecule has 0 amide bonds. The van der Waals surface area contributed by atoms with Gasteiger partial charge >= 0.3 is 0 Å². The zero-order valence-electron chi connectivity index (χ0n) is 9.05. The maximum atomic E-state index is 13.0. The fourth-order valence-electron chi connectivity index (χ4n) is 1.76. The van der Waals surface area contributed by atoms with Crippen molar-refractivity contribution in [1.29, 1.82) is 0 Å². The van der Waals surface area contributed by atoms with Crippen LogP contribution in [0.25, 0.3) is 22.3 Å². The number of aromatic nitrogens is 4. The van der Waals surface area contributed by atoms with Crippen LogP contribution < -0.4 is 5.73 Å². The minimum atomic E-state index is -0.688. The Morgan fingerprint density at radius 2 is 2.11 bits per heavy atom. The molecule has 0 unspecified atom stereocenters. The Balaban J connectivity index is 2.28. The van der Waals surface area contributed by atoms with E-state index in [1.165, 1.54) is 18.5 Å². The van der Waals surface area contributed by atoms with Crippen molar-refractivity contribution in [3.05, 3.63) is 30.3 Å². The van der Waals surface area contributed by atoms with E-state index in [-0.39, 0.29) is 5.82 Å². The van der Waals surface area contributed by atoms with Gasteiger partial charge < -0.3 is 10.8 Å². The zero-order valence-corrected chi connectivity index (χ0v) is 9.05. The molecule has 0 spiro atoms. The summed E-state index contributed by atoms with van der Waals surface area (Å²) in [7, 11) is 0. The normalized spacial score (nSPS) is 10.9. The molecule has 0 aliphatic carbocycles. The highest BCUT2D eigenvalue weighted by atomic mass is 19.1. The van der Waals surface area contributed by atoms with Crippen molar-refractivity contribution < 1.29 is 9.50 Å². The van der Waals surface area contributed by atoms with Gasteiger partial charge in [0.1, 0.15) is 12.1 Å². The van der Waals surface area contributed by atoms with Gasteiger partial charge in [-0.05, 0) is 18.2 Å². The summed E-state index contributed by atoms with van der Waals surface area (Å²) in [5.74, 6) is -0.856. The average molecular weight is 245 g/mol. The van der Waals surface area contributed by atoms with Crippen LogP contribution in [0.1, 0.15) is 0 Å². The molecule has 0 bridgehead atoms. The summed E-state index contributed by atoms with van der Waals surface area (Å²) in [6.45, 7) is 0. The second-order valence-electron chi connectivity index (χ2n) is 3.72. The minimum absolute atomic E-state index is 0.271. The molecule has 0 saturated carbocycles. The minimum Gasteiger partial charge on any atom is -0.505 e. The lowest BCUT2D eigenvalue weighted by molar-refractivity contribution is 0.432. The summed E-state index contributed by atoms with van der Waals surface area (Å²) >= 11 is 0. The number of hydrogen-bond acceptors (Lipinski definition) is 5. The van der Waals surface area contributed by atoms with Gasteiger partial charge in [-0.3, -0.25) is 5.10 Å². The molecule has 18 heavy (non-hydrogen) atoms. The van der Waals surface area contributed by atoms with Crippen LogP contribution in [0.3, 0.4) is 0 Å². The summed E-state index contributed by atoms with van der Waals surface area (Å²) in [6.07, 6.45) is 1.31. The maximum absolute atomic E-state index is 13.0. The van der Waals surface area contributed by atoms with E-state index in [4.69, 9.17) is 5.73 Å². The molecular formula is C11H8FN5O. The van der Waals surface area contributed by atoms with Crippen molar-refractivity contribution in [2.75, 3.05) is 5.73 Å². The van der Waals surface area contributed by atoms with Crippen LogP contribution in [0.15, 0.2) is 24.5 Å². The third-order valence-corrected chi connectivity index (χ3v) is 2.62. The topological polar surface area (TPSA) is 101 Å². The standard InChI is InChI=1S/C11H8FN5O/c12-6-2-1-5(3-7(6)18)9-8-10(13)14-4-15-11(8)17-16-9/h1-4,18H,(H3,13,14,15,16,17). The number of nitrogens with zero attached hydrogens (tertiary/aromatic N) is 3. The van der Waals surface area contributed by atoms with Gasteiger partial charge in [0.05, 0.1) is 11.1 Å². The number of aromatic hydroxyl groups is 1. The smallest absolute Gasteiger partial charge is 0.186 e. The fraction of sp³-hybridized carbons (Fsp3) is 0. The summed E-state index contributed by atoms with van der Waals surface area (Å²) in [5, 5.41) is 16.6. The Kier molecular flexibility index (Phi) is 2.12. The number of hydrogen-bond donors (Lipinski definition) is 3. The summed E-state index contributed by atoms with van der Waals surface area (Å²) in [5.41, 5.74) is 7.27. The van der Waals surface area contributed by atoms with Crippen LogP contribution in [0.4, 0.5) is 10.2 Å². The first-order chi connectivity index (χ1) is 8.66. The van der Waals surface area contributed by atoms with Gasteiger partial charge in [0.15, 0.2) is 17.2 Å². The molecule has 0 atom stereocenters. The molecule has 90 valence electrons. The first-order valence-electron chi connectivity index (χ1n) is 5.10. The van der Waals surface area contributed by atoms with E-state index in [1.54, 1.807) is 0 Å². The first kappa shape index (κ1) is 10.5. The first-order valence-corrected chi connectivity index (χ1v) is 5.10. The van der Waals surface area contributed by atoms with Crippen LogP contribution >= 0.6 is 0 Å². The number of phenols is 1. The maximum Gasteiger partial charge on any atom is 0.186 e. The number of nitrogens with two attached hydrogens (primary N) is 1. The molecule has 0 aliphatic heterocycles. The molecule has 0 fully saturated rings. The van der Waals surface area contributed by atoms with E-state index < -0.39 is 11.6 Å². The number of nitrogens with one attached hydrogen (secondary N) is 1. The third-order valence-electron chi connectivity index (χ3n) is 2.62. The predicted molar refractivity (Wildman–Crippen MR) is 63.2 cm³/mol. The van der Waals surface area contributed by atoms with Crippen LogP contribution in [0, 0.1) is 5.82 Å². The Bertz CT molecular complexity index is 739. The van der Waals surface area contributed by atoms with Crippen LogP contribution in [-0.2, 0) is 0 Å². The number of rotatable bonds is 1. The zero-order chi connectivity index (χ0) is 12.7. The highest BCUT2D eigenvalue weighted by Gasteiger charge is 2.13. The van der Waals surface area contributed by atoms with Crippen molar-refractivity contribution >= 4 is 16.9 Å². The Morgan fingerprint density at radius 3 is 2.89 bits per heavy atom. The number of phenolic OH excluding ortho intramolecular Hbond substituents is 1. The Hall–Kier alpha value is -2.70. The van der Waals surface area contributed by atoms with Crippen molar-refractivity contribution in [2.24, 2.45) is 0 Å².